The second-order valence-electron chi connectivity index (χ2n) is 1.68. The minimum Gasteiger partial charge on any atom is -0.303 e. The molecule has 0 aliphatic rings. The minimum absolute atomic E-state index is 0. The van der Waals surface area contributed by atoms with E-state index in [4.69, 9.17) is 9.79 Å². The van der Waals surface area contributed by atoms with Crippen LogP contribution in [-0.4, -0.2) is 16.4 Å². The molecule has 0 aromatic carbocycles. The fourth-order valence-corrected chi connectivity index (χ4v) is 0.695. The van der Waals surface area contributed by atoms with E-state index in [-0.39, 0.29) is 16.5 Å². The van der Waals surface area contributed by atoms with Gasteiger partial charge in [-0.25, -0.2) is 4.57 Å². The Morgan fingerprint density at radius 2 is 2.00 bits per heavy atom. The van der Waals surface area contributed by atoms with Crippen LogP contribution < -0.4 is 0 Å². The summed E-state index contributed by atoms with van der Waals surface area (Å²) < 4.78 is 14.1. The van der Waals surface area contributed by atoms with E-state index < -0.39 is 7.82 Å². The van der Waals surface area contributed by atoms with Gasteiger partial charge in [0.1, 0.15) is 0 Å². The quantitative estimate of drug-likeness (QED) is 0.509. The zero-order valence-corrected chi connectivity index (χ0v) is 8.30. The second-order valence-corrected chi connectivity index (χ2v) is 2.92. The molecule has 10 heavy (non-hydrogen) atoms. The maximum atomic E-state index is 9.98. The van der Waals surface area contributed by atoms with E-state index in [1.165, 1.54) is 0 Å². The van der Waals surface area contributed by atoms with E-state index in [1.807, 2.05) is 6.92 Å². The third-order valence-electron chi connectivity index (χ3n) is 0.757. The largest absolute Gasteiger partial charge is 0.469 e. The summed E-state index contributed by atoms with van der Waals surface area (Å²) in [5, 5.41) is 0. The van der Waals surface area contributed by atoms with Gasteiger partial charge in [-0.1, -0.05) is 13.3 Å². The minimum atomic E-state index is -4.20. The molecule has 0 aromatic rings. The van der Waals surface area contributed by atoms with Crippen LogP contribution in [-0.2, 0) is 9.09 Å². The van der Waals surface area contributed by atoms with Crippen molar-refractivity contribution < 1.29 is 18.9 Å². The van der Waals surface area contributed by atoms with Crippen LogP contribution in [0.15, 0.2) is 0 Å². The van der Waals surface area contributed by atoms with Gasteiger partial charge in [0.25, 0.3) is 0 Å². The van der Waals surface area contributed by atoms with Crippen molar-refractivity contribution in [2.75, 3.05) is 6.61 Å². The van der Waals surface area contributed by atoms with Crippen LogP contribution in [0.1, 0.15) is 19.8 Å². The van der Waals surface area contributed by atoms with Crippen molar-refractivity contribution in [1.82, 2.24) is 0 Å². The highest BCUT2D eigenvalue weighted by Crippen LogP contribution is 2.35. The standard InChI is InChI=1S/C4H11O4P.H3P/c1-2-3-4-8-9(5,6)7;/h2-4H2,1H3,(H2,5,6,7);1H3. The van der Waals surface area contributed by atoms with Crippen molar-refractivity contribution in [3.63, 3.8) is 0 Å². The van der Waals surface area contributed by atoms with Crippen LogP contribution in [0.3, 0.4) is 0 Å². The molecular weight excluding hydrogens is 174 g/mol. The van der Waals surface area contributed by atoms with Crippen molar-refractivity contribution >= 4 is 17.7 Å². The zero-order chi connectivity index (χ0) is 7.33. The van der Waals surface area contributed by atoms with Crippen LogP contribution in [0.4, 0.5) is 0 Å². The first kappa shape index (κ1) is 13.2. The van der Waals surface area contributed by atoms with Gasteiger partial charge in [0.2, 0.25) is 0 Å². The van der Waals surface area contributed by atoms with Gasteiger partial charge in [0.05, 0.1) is 6.61 Å². The third-order valence-corrected chi connectivity index (χ3v) is 1.28. The lowest BCUT2D eigenvalue weighted by Crippen LogP contribution is -1.90. The van der Waals surface area contributed by atoms with Gasteiger partial charge >= 0.3 is 7.82 Å². The molecule has 0 fully saturated rings. The monoisotopic (exact) mass is 188 g/mol. The smallest absolute Gasteiger partial charge is 0.303 e. The molecule has 64 valence electrons. The number of rotatable bonds is 4. The topological polar surface area (TPSA) is 66.8 Å². The summed E-state index contributed by atoms with van der Waals surface area (Å²) in [6.45, 7) is 2.06. The number of hydrogen-bond donors (Lipinski definition) is 2. The molecule has 0 saturated carbocycles. The van der Waals surface area contributed by atoms with Gasteiger partial charge < -0.3 is 9.79 Å². The van der Waals surface area contributed by atoms with E-state index in [0.717, 1.165) is 6.42 Å². The molecule has 2 N–H and O–H groups in total. The Morgan fingerprint density at radius 1 is 1.50 bits per heavy atom. The highest BCUT2D eigenvalue weighted by Gasteiger charge is 2.11. The molecule has 0 amide bonds. The third kappa shape index (κ3) is 11.4. The Hall–Kier alpha value is 0.540. The molecule has 0 spiro atoms. The summed E-state index contributed by atoms with van der Waals surface area (Å²) in [5.41, 5.74) is 0. The SMILES string of the molecule is CCCCOP(=O)(O)O.P. The maximum absolute atomic E-state index is 9.98. The summed E-state index contributed by atoms with van der Waals surface area (Å²) in [5.74, 6) is 0. The lowest BCUT2D eigenvalue weighted by Gasteiger charge is -2.02. The van der Waals surface area contributed by atoms with Crippen LogP contribution in [0.5, 0.6) is 0 Å². The molecule has 0 heterocycles. The normalized spacial score (nSPS) is 10.7. The van der Waals surface area contributed by atoms with E-state index in [0.29, 0.717) is 6.42 Å². The lowest BCUT2D eigenvalue weighted by molar-refractivity contribution is 0.194. The number of unbranched alkanes of at least 4 members (excludes halogenated alkanes) is 1. The van der Waals surface area contributed by atoms with Crippen molar-refractivity contribution in [2.45, 2.75) is 19.8 Å². The molecule has 1 atom stereocenters. The molecule has 0 rings (SSSR count). The van der Waals surface area contributed by atoms with Gasteiger partial charge in [-0.2, -0.15) is 9.90 Å². The Morgan fingerprint density at radius 3 is 2.30 bits per heavy atom. The van der Waals surface area contributed by atoms with E-state index in [1.54, 1.807) is 0 Å². The summed E-state index contributed by atoms with van der Waals surface area (Å²) in [4.78, 5) is 16.3. The summed E-state index contributed by atoms with van der Waals surface area (Å²) in [7, 11) is -4.20. The molecule has 0 radical (unpaired) electrons. The average molecular weight is 188 g/mol. The van der Waals surface area contributed by atoms with Crippen molar-refractivity contribution in [3.05, 3.63) is 0 Å². The van der Waals surface area contributed by atoms with Crippen molar-refractivity contribution in [1.29, 1.82) is 0 Å². The fraction of sp³-hybridized carbons (Fsp3) is 1.00. The van der Waals surface area contributed by atoms with Crippen molar-refractivity contribution in [3.8, 4) is 0 Å². The first-order chi connectivity index (χ1) is 4.06. The predicted molar refractivity (Wildman–Crippen MR) is 44.0 cm³/mol. The first-order valence-electron chi connectivity index (χ1n) is 2.76. The molecule has 0 bridgehead atoms. The van der Waals surface area contributed by atoms with Gasteiger partial charge in [-0.15, -0.1) is 0 Å². The highest BCUT2D eigenvalue weighted by molar-refractivity contribution is 7.46. The molecule has 6 heteroatoms. The van der Waals surface area contributed by atoms with Gasteiger partial charge in [-0.3, -0.25) is 4.52 Å². The number of phosphoric acid groups is 1. The summed E-state index contributed by atoms with van der Waals surface area (Å²) in [6.07, 6.45) is 1.56. The summed E-state index contributed by atoms with van der Waals surface area (Å²) >= 11 is 0. The number of hydrogen-bond acceptors (Lipinski definition) is 2. The van der Waals surface area contributed by atoms with E-state index in [2.05, 4.69) is 4.52 Å². The Labute approximate surface area is 63.8 Å². The zero-order valence-electron chi connectivity index (χ0n) is 5.99. The van der Waals surface area contributed by atoms with Crippen LogP contribution in [0, 0.1) is 0 Å². The molecule has 0 saturated heterocycles. The van der Waals surface area contributed by atoms with E-state index >= 15 is 0 Å². The maximum Gasteiger partial charge on any atom is 0.469 e. The first-order valence-corrected chi connectivity index (χ1v) is 4.29. The van der Waals surface area contributed by atoms with Crippen molar-refractivity contribution in [2.24, 2.45) is 0 Å². The predicted octanol–water partition coefficient (Wildman–Crippen LogP) is 0.954. The van der Waals surface area contributed by atoms with Gasteiger partial charge in [-0.05, 0) is 6.42 Å². The lowest BCUT2D eigenvalue weighted by atomic mass is 10.4. The molecule has 0 aliphatic heterocycles. The highest BCUT2D eigenvalue weighted by atomic mass is 31.2. The molecule has 4 nitrogen and oxygen atoms in total. The fourth-order valence-electron chi connectivity index (χ4n) is 0.328. The molecular formula is C4H14O4P2. The van der Waals surface area contributed by atoms with Crippen LogP contribution in [0.25, 0.3) is 0 Å². The summed E-state index contributed by atoms with van der Waals surface area (Å²) in [6, 6.07) is 0. The van der Waals surface area contributed by atoms with Crippen LogP contribution in [0.2, 0.25) is 0 Å². The molecule has 1 unspecified atom stereocenters. The number of phosphoric ester groups is 1. The average Bonchev–Trinajstić information content (AvgIpc) is 1.63. The van der Waals surface area contributed by atoms with Crippen LogP contribution >= 0.6 is 17.7 Å². The second kappa shape index (κ2) is 6.26. The Kier molecular flexibility index (Phi) is 8.24. The Bertz CT molecular complexity index is 110. The van der Waals surface area contributed by atoms with Gasteiger partial charge in [0.15, 0.2) is 0 Å². The van der Waals surface area contributed by atoms with Gasteiger partial charge in [0, 0.05) is 0 Å². The molecule has 0 aliphatic carbocycles. The molecule has 0 aromatic heterocycles. The Balaban J connectivity index is 0. The van der Waals surface area contributed by atoms with E-state index in [9.17, 15) is 4.57 Å².